The molecule has 6 nitrogen and oxygen atoms in total. The highest BCUT2D eigenvalue weighted by Crippen LogP contribution is 2.31. The number of aromatic amines is 1. The van der Waals surface area contributed by atoms with Crippen LogP contribution in [0.3, 0.4) is 0 Å². The maximum absolute atomic E-state index is 13.1. The van der Waals surface area contributed by atoms with Crippen molar-refractivity contribution in [2.45, 2.75) is 0 Å². The molecule has 0 spiro atoms. The minimum absolute atomic E-state index is 0.101. The van der Waals surface area contributed by atoms with E-state index in [9.17, 15) is 4.79 Å². The largest absolute Gasteiger partial charge is 0.497 e. The van der Waals surface area contributed by atoms with Gasteiger partial charge in [-0.1, -0.05) is 12.1 Å². The van der Waals surface area contributed by atoms with E-state index in [1.165, 1.54) is 0 Å². The number of ketones is 1. The van der Waals surface area contributed by atoms with E-state index >= 15 is 0 Å². The van der Waals surface area contributed by atoms with Crippen LogP contribution < -0.4 is 9.47 Å². The Labute approximate surface area is 155 Å². The Hall–Kier alpha value is -3.67. The van der Waals surface area contributed by atoms with Gasteiger partial charge in [0, 0.05) is 41.2 Å². The number of H-pyrrole nitrogens is 1. The number of hydrogen-bond acceptors (Lipinski definition) is 5. The van der Waals surface area contributed by atoms with Crippen LogP contribution >= 0.6 is 0 Å². The van der Waals surface area contributed by atoms with Crippen LogP contribution in [0.4, 0.5) is 0 Å². The lowest BCUT2D eigenvalue weighted by Gasteiger charge is -2.07. The quantitative estimate of drug-likeness (QED) is 0.547. The van der Waals surface area contributed by atoms with Gasteiger partial charge < -0.3 is 14.5 Å². The minimum atomic E-state index is -0.101. The maximum atomic E-state index is 13.1. The number of rotatable bonds is 5. The molecule has 0 aliphatic heterocycles. The number of ether oxygens (including phenoxy) is 2. The second-order valence-corrected chi connectivity index (χ2v) is 5.93. The molecular weight excluding hydrogens is 342 g/mol. The molecule has 27 heavy (non-hydrogen) atoms. The summed E-state index contributed by atoms with van der Waals surface area (Å²) < 4.78 is 10.4. The average Bonchev–Trinajstić information content (AvgIpc) is 3.17. The fraction of sp³-hybridized carbons (Fsp3) is 0.0952. The summed E-state index contributed by atoms with van der Waals surface area (Å²) in [4.78, 5) is 24.8. The third kappa shape index (κ3) is 3.01. The van der Waals surface area contributed by atoms with E-state index in [0.29, 0.717) is 28.4 Å². The molecule has 3 heterocycles. The van der Waals surface area contributed by atoms with Crippen LogP contribution in [0.1, 0.15) is 15.9 Å². The molecule has 0 saturated carbocycles. The van der Waals surface area contributed by atoms with Crippen molar-refractivity contribution >= 4 is 16.8 Å². The van der Waals surface area contributed by atoms with E-state index in [-0.39, 0.29) is 5.78 Å². The minimum Gasteiger partial charge on any atom is -0.497 e. The molecule has 3 aromatic heterocycles. The predicted molar refractivity (Wildman–Crippen MR) is 102 cm³/mol. The molecule has 4 aromatic rings. The number of benzene rings is 1. The van der Waals surface area contributed by atoms with E-state index in [0.717, 1.165) is 16.5 Å². The zero-order valence-electron chi connectivity index (χ0n) is 14.9. The summed E-state index contributed by atoms with van der Waals surface area (Å²) in [7, 11) is 3.15. The molecule has 6 heteroatoms. The van der Waals surface area contributed by atoms with Crippen LogP contribution in [-0.2, 0) is 0 Å². The van der Waals surface area contributed by atoms with Crippen molar-refractivity contribution in [3.63, 3.8) is 0 Å². The van der Waals surface area contributed by atoms with Crippen molar-refractivity contribution in [1.29, 1.82) is 0 Å². The van der Waals surface area contributed by atoms with E-state index < -0.39 is 0 Å². The number of methoxy groups -OCH3 is 2. The third-order valence-electron chi connectivity index (χ3n) is 4.41. The number of aromatic nitrogens is 3. The van der Waals surface area contributed by atoms with Crippen molar-refractivity contribution < 1.29 is 14.3 Å². The number of carbonyl (C=O) groups is 1. The zero-order valence-corrected chi connectivity index (χ0v) is 14.9. The molecular formula is C21H17N3O3. The zero-order chi connectivity index (χ0) is 18.8. The third-order valence-corrected chi connectivity index (χ3v) is 4.41. The van der Waals surface area contributed by atoms with E-state index in [1.54, 1.807) is 57.1 Å². The number of fused-ring (bicyclic) bond motifs is 1. The molecule has 0 fully saturated rings. The molecule has 134 valence electrons. The molecule has 0 atom stereocenters. The first-order valence-electron chi connectivity index (χ1n) is 8.36. The number of nitrogens with zero attached hydrogens (tertiary/aromatic N) is 2. The molecule has 0 aliphatic carbocycles. The predicted octanol–water partition coefficient (Wildman–Crippen LogP) is 3.87. The van der Waals surface area contributed by atoms with Crippen LogP contribution in [0, 0.1) is 0 Å². The molecule has 0 radical (unpaired) electrons. The fourth-order valence-corrected chi connectivity index (χ4v) is 3.06. The van der Waals surface area contributed by atoms with Crippen molar-refractivity contribution in [3.05, 3.63) is 72.2 Å². The van der Waals surface area contributed by atoms with Crippen molar-refractivity contribution in [2.75, 3.05) is 14.2 Å². The first-order valence-corrected chi connectivity index (χ1v) is 8.36. The van der Waals surface area contributed by atoms with Gasteiger partial charge in [0.05, 0.1) is 19.8 Å². The Morgan fingerprint density at radius 1 is 1.04 bits per heavy atom. The van der Waals surface area contributed by atoms with Gasteiger partial charge in [0.25, 0.3) is 0 Å². The van der Waals surface area contributed by atoms with Gasteiger partial charge in [0.2, 0.25) is 5.88 Å². The van der Waals surface area contributed by atoms with Gasteiger partial charge in [-0.25, -0.2) is 9.97 Å². The fourth-order valence-electron chi connectivity index (χ4n) is 3.06. The highest BCUT2D eigenvalue weighted by atomic mass is 16.5. The first kappa shape index (κ1) is 16.8. The Balaban J connectivity index is 1.85. The van der Waals surface area contributed by atoms with E-state index in [1.807, 2.05) is 18.2 Å². The van der Waals surface area contributed by atoms with Crippen LogP contribution in [-0.4, -0.2) is 35.0 Å². The lowest BCUT2D eigenvalue weighted by molar-refractivity contribution is 0.104. The second-order valence-electron chi connectivity index (χ2n) is 5.93. The lowest BCUT2D eigenvalue weighted by Crippen LogP contribution is -2.01. The SMILES string of the molecule is COc1cccc(C(=O)c2c[nH]c3nccc(-c4ccc(OC)nc4)c23)c1. The Morgan fingerprint density at radius 2 is 1.93 bits per heavy atom. The Bertz CT molecular complexity index is 1120. The molecule has 0 saturated heterocycles. The standard InChI is InChI=1S/C21H17N3O3/c1-26-15-5-3-4-13(10-15)20(25)17-12-24-21-19(17)16(8-9-22-21)14-6-7-18(27-2)23-11-14/h3-12H,1-2H3,(H,22,24). The molecule has 4 rings (SSSR count). The van der Waals surface area contributed by atoms with Gasteiger partial charge in [-0.2, -0.15) is 0 Å². The van der Waals surface area contributed by atoms with Crippen LogP contribution in [0.5, 0.6) is 11.6 Å². The highest BCUT2D eigenvalue weighted by Gasteiger charge is 2.19. The van der Waals surface area contributed by atoms with Crippen LogP contribution in [0.2, 0.25) is 0 Å². The maximum Gasteiger partial charge on any atom is 0.212 e. The monoisotopic (exact) mass is 359 g/mol. The number of nitrogens with one attached hydrogen (secondary N) is 1. The van der Waals surface area contributed by atoms with Crippen molar-refractivity contribution in [1.82, 2.24) is 15.0 Å². The second kappa shape index (κ2) is 6.92. The van der Waals surface area contributed by atoms with E-state index in [2.05, 4.69) is 15.0 Å². The average molecular weight is 359 g/mol. The van der Waals surface area contributed by atoms with E-state index in [4.69, 9.17) is 9.47 Å². The Morgan fingerprint density at radius 3 is 2.67 bits per heavy atom. The van der Waals surface area contributed by atoms with Crippen LogP contribution in [0.25, 0.3) is 22.2 Å². The summed E-state index contributed by atoms with van der Waals surface area (Å²) >= 11 is 0. The summed E-state index contributed by atoms with van der Waals surface area (Å²) in [5, 5.41) is 0.761. The Kier molecular flexibility index (Phi) is 4.30. The van der Waals surface area contributed by atoms with Gasteiger partial charge in [-0.05, 0) is 29.8 Å². The van der Waals surface area contributed by atoms with Crippen molar-refractivity contribution in [3.8, 4) is 22.8 Å². The summed E-state index contributed by atoms with van der Waals surface area (Å²) in [6.45, 7) is 0. The van der Waals surface area contributed by atoms with Gasteiger partial charge in [0.1, 0.15) is 11.4 Å². The molecule has 0 aliphatic rings. The smallest absolute Gasteiger partial charge is 0.212 e. The number of pyridine rings is 2. The topological polar surface area (TPSA) is 77.1 Å². The first-order chi connectivity index (χ1) is 13.2. The molecule has 0 unspecified atom stereocenters. The lowest BCUT2D eigenvalue weighted by atomic mass is 9.98. The van der Waals surface area contributed by atoms with Gasteiger partial charge in [-0.3, -0.25) is 4.79 Å². The van der Waals surface area contributed by atoms with Gasteiger partial charge in [0.15, 0.2) is 5.78 Å². The molecule has 0 amide bonds. The van der Waals surface area contributed by atoms with Gasteiger partial charge in [-0.15, -0.1) is 0 Å². The molecule has 0 bridgehead atoms. The highest BCUT2D eigenvalue weighted by molar-refractivity contribution is 6.18. The summed E-state index contributed by atoms with van der Waals surface area (Å²) in [6, 6.07) is 12.7. The normalized spacial score (nSPS) is 10.7. The number of hydrogen-bond donors (Lipinski definition) is 1. The molecule has 1 N–H and O–H groups in total. The van der Waals surface area contributed by atoms with Crippen molar-refractivity contribution in [2.24, 2.45) is 0 Å². The number of carbonyl (C=O) groups excluding carboxylic acids is 1. The summed E-state index contributed by atoms with van der Waals surface area (Å²) in [6.07, 6.45) is 5.12. The molecule has 1 aromatic carbocycles. The van der Waals surface area contributed by atoms with Gasteiger partial charge >= 0.3 is 0 Å². The summed E-state index contributed by atoms with van der Waals surface area (Å²) in [5.41, 5.74) is 3.51. The summed E-state index contributed by atoms with van der Waals surface area (Å²) in [5.74, 6) is 1.07. The van der Waals surface area contributed by atoms with Crippen LogP contribution in [0.15, 0.2) is 61.1 Å².